The van der Waals surface area contributed by atoms with Crippen LogP contribution >= 0.6 is 27.5 Å². The van der Waals surface area contributed by atoms with E-state index in [9.17, 15) is 8.42 Å². The number of hydrogen-bond acceptors (Lipinski definition) is 5. The number of halogens is 2. The molecule has 1 aromatic carbocycles. The second kappa shape index (κ2) is 8.32. The van der Waals surface area contributed by atoms with Crippen molar-refractivity contribution in [2.75, 3.05) is 39.9 Å². The van der Waals surface area contributed by atoms with E-state index >= 15 is 0 Å². The molecule has 3 rings (SSSR count). The topological polar surface area (TPSA) is 59.1 Å². The lowest BCUT2D eigenvalue weighted by Crippen LogP contribution is -2.51. The molecular formula is C17H24BrClN2O4S. The molecular weight excluding hydrogens is 444 g/mol. The quantitative estimate of drug-likeness (QED) is 0.681. The molecule has 0 aliphatic carbocycles. The van der Waals surface area contributed by atoms with Gasteiger partial charge in [-0.25, -0.2) is 8.42 Å². The third-order valence-corrected chi connectivity index (χ3v) is 7.72. The maximum absolute atomic E-state index is 13.1. The molecule has 1 atom stereocenters. The number of piperidine rings is 1. The van der Waals surface area contributed by atoms with Crippen LogP contribution < -0.4 is 4.74 Å². The fourth-order valence-corrected chi connectivity index (χ4v) is 6.53. The minimum absolute atomic E-state index is 0.109. The first-order valence-electron chi connectivity index (χ1n) is 8.71. The van der Waals surface area contributed by atoms with E-state index in [1.54, 1.807) is 6.07 Å². The molecule has 1 unspecified atom stereocenters. The van der Waals surface area contributed by atoms with Crippen LogP contribution in [0.4, 0.5) is 0 Å². The molecule has 2 aliphatic heterocycles. The molecule has 0 bridgehead atoms. The summed E-state index contributed by atoms with van der Waals surface area (Å²) in [6.45, 7) is 5.63. The van der Waals surface area contributed by atoms with Crippen LogP contribution in [0, 0.1) is 0 Å². The van der Waals surface area contributed by atoms with Gasteiger partial charge in [-0.15, -0.1) is 0 Å². The van der Waals surface area contributed by atoms with Crippen LogP contribution in [0.1, 0.15) is 19.8 Å². The molecule has 0 radical (unpaired) electrons. The summed E-state index contributed by atoms with van der Waals surface area (Å²) in [5.41, 5.74) is 0. The summed E-state index contributed by atoms with van der Waals surface area (Å²) in [6.07, 6.45) is 1.87. The fourth-order valence-electron chi connectivity index (χ4n) is 3.69. The highest BCUT2D eigenvalue weighted by Crippen LogP contribution is 2.37. The molecule has 0 saturated carbocycles. The molecule has 0 N–H and O–H groups in total. The van der Waals surface area contributed by atoms with Crippen LogP contribution in [0.2, 0.25) is 5.02 Å². The van der Waals surface area contributed by atoms with E-state index in [-0.39, 0.29) is 11.0 Å². The maximum atomic E-state index is 13.1. The molecule has 0 spiro atoms. The lowest BCUT2D eigenvalue weighted by Gasteiger charge is -2.41. The lowest BCUT2D eigenvalue weighted by molar-refractivity contribution is -0.0406. The SMILES string of the molecule is COc1c(Br)cc(Cl)cc1S(=O)(=O)N1CCC(N2CCOC(C)C2)CC1. The Kier molecular flexibility index (Phi) is 6.52. The molecule has 26 heavy (non-hydrogen) atoms. The van der Waals surface area contributed by atoms with Crippen molar-refractivity contribution in [3.05, 3.63) is 21.6 Å². The number of methoxy groups -OCH3 is 1. The van der Waals surface area contributed by atoms with Crippen LogP contribution in [0.3, 0.4) is 0 Å². The Labute approximate surface area is 168 Å². The molecule has 1 aromatic rings. The van der Waals surface area contributed by atoms with Crippen LogP contribution in [-0.4, -0.2) is 69.7 Å². The zero-order valence-corrected chi connectivity index (χ0v) is 18.1. The van der Waals surface area contributed by atoms with Gasteiger partial charge in [-0.2, -0.15) is 4.31 Å². The zero-order valence-electron chi connectivity index (χ0n) is 15.0. The molecule has 2 aliphatic rings. The number of nitrogens with zero attached hydrogens (tertiary/aromatic N) is 2. The number of benzene rings is 1. The number of rotatable bonds is 4. The number of hydrogen-bond donors (Lipinski definition) is 0. The van der Waals surface area contributed by atoms with Gasteiger partial charge in [0.1, 0.15) is 4.90 Å². The Morgan fingerprint density at radius 2 is 1.96 bits per heavy atom. The van der Waals surface area contributed by atoms with Crippen molar-refractivity contribution in [2.24, 2.45) is 0 Å². The number of sulfonamides is 1. The van der Waals surface area contributed by atoms with Crippen molar-refractivity contribution in [3.63, 3.8) is 0 Å². The molecule has 2 saturated heterocycles. The minimum Gasteiger partial charge on any atom is -0.494 e. The monoisotopic (exact) mass is 466 g/mol. The normalized spacial score (nSPS) is 23.9. The fraction of sp³-hybridized carbons (Fsp3) is 0.647. The molecule has 6 nitrogen and oxygen atoms in total. The predicted octanol–water partition coefficient (Wildman–Crippen LogP) is 2.98. The van der Waals surface area contributed by atoms with E-state index < -0.39 is 10.0 Å². The molecule has 9 heteroatoms. The second-order valence-electron chi connectivity index (χ2n) is 6.73. The molecule has 0 aromatic heterocycles. The maximum Gasteiger partial charge on any atom is 0.246 e. The second-order valence-corrected chi connectivity index (χ2v) is 9.93. The van der Waals surface area contributed by atoms with E-state index in [0.29, 0.717) is 34.4 Å². The average Bonchev–Trinajstić information content (AvgIpc) is 2.61. The van der Waals surface area contributed by atoms with Crippen molar-refractivity contribution in [1.82, 2.24) is 9.21 Å². The van der Waals surface area contributed by atoms with E-state index in [1.165, 1.54) is 17.5 Å². The predicted molar refractivity (Wildman–Crippen MR) is 104 cm³/mol. The number of morpholine rings is 1. The molecule has 2 fully saturated rings. The van der Waals surface area contributed by atoms with Crippen molar-refractivity contribution in [2.45, 2.75) is 36.8 Å². The molecule has 146 valence electrons. The van der Waals surface area contributed by atoms with Gasteiger partial charge in [0.05, 0.1) is 24.3 Å². The summed E-state index contributed by atoms with van der Waals surface area (Å²) in [4.78, 5) is 2.53. The van der Waals surface area contributed by atoms with Gasteiger partial charge in [-0.1, -0.05) is 11.6 Å². The van der Waals surface area contributed by atoms with Crippen molar-refractivity contribution >= 4 is 37.6 Å². The lowest BCUT2D eigenvalue weighted by atomic mass is 10.0. The average molecular weight is 468 g/mol. The van der Waals surface area contributed by atoms with Crippen LogP contribution in [0.5, 0.6) is 5.75 Å². The summed E-state index contributed by atoms with van der Waals surface area (Å²) in [5, 5.41) is 0.355. The largest absolute Gasteiger partial charge is 0.494 e. The highest BCUT2D eigenvalue weighted by molar-refractivity contribution is 9.10. The summed E-state index contributed by atoms with van der Waals surface area (Å²) in [6, 6.07) is 3.49. The van der Waals surface area contributed by atoms with Gasteiger partial charge >= 0.3 is 0 Å². The zero-order chi connectivity index (χ0) is 18.9. The van der Waals surface area contributed by atoms with E-state index in [2.05, 4.69) is 27.8 Å². The summed E-state index contributed by atoms with van der Waals surface area (Å²) >= 11 is 9.41. The van der Waals surface area contributed by atoms with E-state index in [1.807, 2.05) is 0 Å². The smallest absolute Gasteiger partial charge is 0.246 e. The van der Waals surface area contributed by atoms with Gasteiger partial charge in [-0.3, -0.25) is 4.90 Å². The van der Waals surface area contributed by atoms with Crippen LogP contribution in [0.25, 0.3) is 0 Å². The Hall–Kier alpha value is -0.380. The van der Waals surface area contributed by atoms with Gasteiger partial charge in [-0.05, 0) is 47.8 Å². The first-order valence-corrected chi connectivity index (χ1v) is 11.3. The van der Waals surface area contributed by atoms with Gasteiger partial charge in [0.15, 0.2) is 5.75 Å². The third-order valence-electron chi connectivity index (χ3n) is 5.01. The Morgan fingerprint density at radius 1 is 1.27 bits per heavy atom. The third kappa shape index (κ3) is 4.20. The number of ether oxygens (including phenoxy) is 2. The molecule has 0 amide bonds. The first kappa shape index (κ1) is 20.4. The van der Waals surface area contributed by atoms with Crippen molar-refractivity contribution in [3.8, 4) is 5.75 Å². The van der Waals surface area contributed by atoms with E-state index in [4.69, 9.17) is 21.1 Å². The van der Waals surface area contributed by atoms with Gasteiger partial charge in [0.2, 0.25) is 10.0 Å². The standard InChI is InChI=1S/C17H24BrClN2O4S/c1-12-11-20(7-8-25-12)14-3-5-21(6-4-14)26(22,23)16-10-13(19)9-15(18)17(16)24-2/h9-10,12,14H,3-8,11H2,1-2H3. The van der Waals surface area contributed by atoms with Crippen molar-refractivity contribution in [1.29, 1.82) is 0 Å². The highest BCUT2D eigenvalue weighted by atomic mass is 79.9. The summed E-state index contributed by atoms with van der Waals surface area (Å²) in [7, 11) is -2.21. The highest BCUT2D eigenvalue weighted by Gasteiger charge is 2.35. The van der Waals surface area contributed by atoms with E-state index in [0.717, 1.165) is 32.5 Å². The first-order chi connectivity index (χ1) is 12.3. The van der Waals surface area contributed by atoms with Gasteiger partial charge < -0.3 is 9.47 Å². The van der Waals surface area contributed by atoms with Gasteiger partial charge in [0.25, 0.3) is 0 Å². The summed E-state index contributed by atoms with van der Waals surface area (Å²) < 4.78 is 39.2. The summed E-state index contributed by atoms with van der Waals surface area (Å²) in [5.74, 6) is 0.290. The molecule has 2 heterocycles. The van der Waals surface area contributed by atoms with Crippen LogP contribution in [-0.2, 0) is 14.8 Å². The Balaban J connectivity index is 1.74. The minimum atomic E-state index is -3.66. The van der Waals surface area contributed by atoms with Crippen molar-refractivity contribution < 1.29 is 17.9 Å². The van der Waals surface area contributed by atoms with Crippen LogP contribution in [0.15, 0.2) is 21.5 Å². The Morgan fingerprint density at radius 3 is 2.58 bits per heavy atom. The van der Waals surface area contributed by atoms with Gasteiger partial charge in [0, 0.05) is 37.2 Å². The Bertz CT molecular complexity index is 753.